The molecule has 1 aromatic rings. The van der Waals surface area contributed by atoms with Gasteiger partial charge in [0.1, 0.15) is 6.23 Å². The van der Waals surface area contributed by atoms with Crippen molar-refractivity contribution in [3.8, 4) is 0 Å². The number of piperazine rings is 1. The smallest absolute Gasteiger partial charge is 0.231 e. The van der Waals surface area contributed by atoms with Crippen molar-refractivity contribution < 1.29 is 14.7 Å². The highest BCUT2D eigenvalue weighted by Crippen LogP contribution is 2.47. The second-order valence-electron chi connectivity index (χ2n) is 8.72. The summed E-state index contributed by atoms with van der Waals surface area (Å²) < 4.78 is 0. The number of amides is 2. The summed E-state index contributed by atoms with van der Waals surface area (Å²) >= 11 is 0. The Morgan fingerprint density at radius 1 is 1.00 bits per heavy atom. The van der Waals surface area contributed by atoms with Gasteiger partial charge in [-0.1, -0.05) is 12.8 Å². The Kier molecular flexibility index (Phi) is 6.10. The first-order chi connectivity index (χ1) is 14.1. The van der Waals surface area contributed by atoms with Gasteiger partial charge in [0.25, 0.3) is 0 Å². The SMILES string of the molecule is O=C1CC2(CCCC2)CC(=O)N1[C@@H](O)CCCN1CCN(c2ncccn2)CC1. The quantitative estimate of drug-likeness (QED) is 0.721. The van der Waals surface area contributed by atoms with E-state index in [0.29, 0.717) is 19.3 Å². The van der Waals surface area contributed by atoms with E-state index in [1.165, 1.54) is 0 Å². The maximum absolute atomic E-state index is 12.6. The molecule has 0 unspecified atom stereocenters. The number of carbonyl (C=O) groups excluding carboxylic acids is 2. The molecule has 4 rings (SSSR count). The van der Waals surface area contributed by atoms with E-state index in [-0.39, 0.29) is 17.2 Å². The average molecular weight is 402 g/mol. The van der Waals surface area contributed by atoms with E-state index in [0.717, 1.165) is 75.7 Å². The largest absolute Gasteiger partial charge is 0.373 e. The van der Waals surface area contributed by atoms with Gasteiger partial charge in [-0.15, -0.1) is 0 Å². The Bertz CT molecular complexity index is 694. The summed E-state index contributed by atoms with van der Waals surface area (Å²) in [7, 11) is 0. The van der Waals surface area contributed by atoms with Crippen molar-refractivity contribution in [3.63, 3.8) is 0 Å². The van der Waals surface area contributed by atoms with Crippen molar-refractivity contribution in [3.05, 3.63) is 18.5 Å². The molecule has 158 valence electrons. The van der Waals surface area contributed by atoms with Gasteiger partial charge >= 0.3 is 0 Å². The number of aliphatic hydroxyl groups is 1. The van der Waals surface area contributed by atoms with Crippen LogP contribution in [0.15, 0.2) is 18.5 Å². The first kappa shape index (κ1) is 20.2. The number of aliphatic hydroxyl groups excluding tert-OH is 1. The second kappa shape index (κ2) is 8.75. The topological polar surface area (TPSA) is 89.9 Å². The van der Waals surface area contributed by atoms with Gasteiger partial charge in [0, 0.05) is 51.4 Å². The summed E-state index contributed by atoms with van der Waals surface area (Å²) in [5, 5.41) is 10.5. The van der Waals surface area contributed by atoms with Crippen molar-refractivity contribution in [1.82, 2.24) is 19.8 Å². The number of rotatable bonds is 6. The van der Waals surface area contributed by atoms with E-state index in [4.69, 9.17) is 0 Å². The number of anilines is 1. The van der Waals surface area contributed by atoms with Crippen molar-refractivity contribution >= 4 is 17.8 Å². The molecule has 2 amide bonds. The predicted molar refractivity (Wildman–Crippen MR) is 108 cm³/mol. The van der Waals surface area contributed by atoms with Crippen molar-refractivity contribution in [2.75, 3.05) is 37.6 Å². The van der Waals surface area contributed by atoms with E-state index in [1.54, 1.807) is 12.4 Å². The summed E-state index contributed by atoms with van der Waals surface area (Å²) in [6, 6.07) is 1.82. The number of piperidine rings is 1. The zero-order valence-electron chi connectivity index (χ0n) is 17.0. The third kappa shape index (κ3) is 4.59. The van der Waals surface area contributed by atoms with E-state index < -0.39 is 6.23 Å². The van der Waals surface area contributed by atoms with Gasteiger partial charge in [-0.05, 0) is 43.7 Å². The Morgan fingerprint density at radius 3 is 2.24 bits per heavy atom. The molecule has 3 heterocycles. The minimum absolute atomic E-state index is 0.119. The fraction of sp³-hybridized carbons (Fsp3) is 0.714. The minimum Gasteiger partial charge on any atom is -0.373 e. The van der Waals surface area contributed by atoms with Gasteiger partial charge in [0.15, 0.2) is 0 Å². The molecular formula is C21H31N5O3. The van der Waals surface area contributed by atoms with Crippen molar-refractivity contribution in [2.24, 2.45) is 5.41 Å². The van der Waals surface area contributed by atoms with Gasteiger partial charge in [-0.25, -0.2) is 9.97 Å². The lowest BCUT2D eigenvalue weighted by Crippen LogP contribution is -2.52. The lowest BCUT2D eigenvalue weighted by Gasteiger charge is -2.39. The van der Waals surface area contributed by atoms with Crippen LogP contribution in [-0.4, -0.2) is 75.6 Å². The summed E-state index contributed by atoms with van der Waals surface area (Å²) in [4.78, 5) is 39.4. The van der Waals surface area contributed by atoms with Crippen LogP contribution in [0.3, 0.4) is 0 Å². The molecule has 2 saturated heterocycles. The number of nitrogens with zero attached hydrogens (tertiary/aromatic N) is 5. The van der Waals surface area contributed by atoms with Gasteiger partial charge in [-0.3, -0.25) is 19.4 Å². The third-order valence-corrected chi connectivity index (χ3v) is 6.70. The van der Waals surface area contributed by atoms with Gasteiger partial charge in [0.05, 0.1) is 0 Å². The molecule has 0 radical (unpaired) electrons. The maximum atomic E-state index is 12.6. The lowest BCUT2D eigenvalue weighted by atomic mass is 9.76. The number of likely N-dealkylation sites (tertiary alicyclic amines) is 1. The van der Waals surface area contributed by atoms with Gasteiger partial charge < -0.3 is 10.0 Å². The maximum Gasteiger partial charge on any atom is 0.231 e. The first-order valence-corrected chi connectivity index (χ1v) is 10.8. The summed E-state index contributed by atoms with van der Waals surface area (Å²) in [5.41, 5.74) is -0.119. The summed E-state index contributed by atoms with van der Waals surface area (Å²) in [6.45, 7) is 4.42. The second-order valence-corrected chi connectivity index (χ2v) is 8.72. The van der Waals surface area contributed by atoms with E-state index in [2.05, 4.69) is 19.8 Å². The first-order valence-electron chi connectivity index (χ1n) is 10.8. The number of aromatic nitrogens is 2. The number of carbonyl (C=O) groups is 2. The molecule has 3 fully saturated rings. The van der Waals surface area contributed by atoms with E-state index >= 15 is 0 Å². The average Bonchev–Trinajstić information content (AvgIpc) is 3.15. The highest BCUT2D eigenvalue weighted by atomic mass is 16.3. The van der Waals surface area contributed by atoms with Crippen LogP contribution in [0.1, 0.15) is 51.4 Å². The molecule has 3 aliphatic rings. The molecule has 1 N–H and O–H groups in total. The molecule has 1 aromatic heterocycles. The van der Waals surface area contributed by atoms with Crippen LogP contribution < -0.4 is 4.90 Å². The zero-order chi connectivity index (χ0) is 20.3. The lowest BCUT2D eigenvalue weighted by molar-refractivity contribution is -0.165. The van der Waals surface area contributed by atoms with Crippen LogP contribution in [0.5, 0.6) is 0 Å². The standard InChI is InChI=1S/C21H31N5O3/c27-17(26-18(28)15-21(16-19(26)29)6-1-2-7-21)5-3-10-24-11-13-25(14-12-24)20-22-8-4-9-23-20/h4,8-9,17,27H,1-3,5-7,10-16H2/t17-/m0/s1. The molecule has 1 aliphatic carbocycles. The number of imide groups is 1. The molecule has 0 bridgehead atoms. The number of hydrogen-bond acceptors (Lipinski definition) is 7. The van der Waals surface area contributed by atoms with Gasteiger partial charge in [-0.2, -0.15) is 0 Å². The van der Waals surface area contributed by atoms with Crippen LogP contribution >= 0.6 is 0 Å². The molecule has 8 nitrogen and oxygen atoms in total. The van der Waals surface area contributed by atoms with Crippen LogP contribution in [0, 0.1) is 5.41 Å². The molecule has 1 saturated carbocycles. The van der Waals surface area contributed by atoms with Crippen LogP contribution in [0.4, 0.5) is 5.95 Å². The summed E-state index contributed by atoms with van der Waals surface area (Å²) in [5.74, 6) is 0.393. The molecular weight excluding hydrogens is 370 g/mol. The molecule has 29 heavy (non-hydrogen) atoms. The number of hydrogen-bond donors (Lipinski definition) is 1. The molecule has 2 aliphatic heterocycles. The minimum atomic E-state index is -0.993. The normalized spacial score (nSPS) is 23.8. The zero-order valence-corrected chi connectivity index (χ0v) is 17.0. The van der Waals surface area contributed by atoms with Crippen LogP contribution in [0.2, 0.25) is 0 Å². The highest BCUT2D eigenvalue weighted by Gasteiger charge is 2.46. The molecule has 8 heteroatoms. The fourth-order valence-corrected chi connectivity index (χ4v) is 5.08. The molecule has 1 atom stereocenters. The Labute approximate surface area is 171 Å². The third-order valence-electron chi connectivity index (χ3n) is 6.70. The Morgan fingerprint density at radius 2 is 1.62 bits per heavy atom. The van der Waals surface area contributed by atoms with Crippen LogP contribution in [-0.2, 0) is 9.59 Å². The van der Waals surface area contributed by atoms with E-state index in [1.807, 2.05) is 6.07 Å². The fourth-order valence-electron chi connectivity index (χ4n) is 5.08. The molecule has 1 spiro atoms. The van der Waals surface area contributed by atoms with Gasteiger partial charge in [0.2, 0.25) is 17.8 Å². The van der Waals surface area contributed by atoms with Crippen LogP contribution in [0.25, 0.3) is 0 Å². The van der Waals surface area contributed by atoms with Crippen molar-refractivity contribution in [2.45, 2.75) is 57.6 Å². The molecule has 0 aromatic carbocycles. The highest BCUT2D eigenvalue weighted by molar-refractivity contribution is 5.98. The Hall–Kier alpha value is -2.06. The van der Waals surface area contributed by atoms with E-state index in [9.17, 15) is 14.7 Å². The van der Waals surface area contributed by atoms with Crippen molar-refractivity contribution in [1.29, 1.82) is 0 Å². The predicted octanol–water partition coefficient (Wildman–Crippen LogP) is 1.41. The summed E-state index contributed by atoms with van der Waals surface area (Å²) in [6.07, 6.45) is 8.69. The Balaban J connectivity index is 1.20. The monoisotopic (exact) mass is 401 g/mol.